The predicted molar refractivity (Wildman–Crippen MR) is 110 cm³/mol. The van der Waals surface area contributed by atoms with Crippen molar-refractivity contribution < 1.29 is 13.2 Å². The summed E-state index contributed by atoms with van der Waals surface area (Å²) in [6.07, 6.45) is 2.24. The Kier molecular flexibility index (Phi) is 6.67. The van der Waals surface area contributed by atoms with E-state index in [9.17, 15) is 13.2 Å². The van der Waals surface area contributed by atoms with Crippen LogP contribution in [-0.4, -0.2) is 16.5 Å². The number of aryl methyl sites for hydroxylation is 1. The first kappa shape index (κ1) is 21.4. The molecule has 2 N–H and O–H groups in total. The van der Waals surface area contributed by atoms with Gasteiger partial charge in [-0.25, -0.2) is 9.97 Å². The summed E-state index contributed by atoms with van der Waals surface area (Å²) in [4.78, 5) is 7.76. The van der Waals surface area contributed by atoms with Gasteiger partial charge in [-0.2, -0.15) is 13.2 Å². The van der Waals surface area contributed by atoms with Crippen molar-refractivity contribution in [3.8, 4) is 0 Å². The number of nitrogens with one attached hydrogen (secondary N) is 2. The van der Waals surface area contributed by atoms with Gasteiger partial charge in [0, 0.05) is 24.0 Å². The molecule has 2 aromatic rings. The van der Waals surface area contributed by atoms with Crippen LogP contribution >= 0.6 is 11.6 Å². The van der Waals surface area contributed by atoms with Gasteiger partial charge >= 0.3 is 6.18 Å². The Morgan fingerprint density at radius 2 is 1.97 bits per heavy atom. The molecule has 0 amide bonds. The zero-order valence-corrected chi connectivity index (χ0v) is 17.0. The Bertz CT molecular complexity index is 877. The van der Waals surface area contributed by atoms with Crippen LogP contribution in [0.15, 0.2) is 31.0 Å². The molecule has 0 spiro atoms. The van der Waals surface area contributed by atoms with Crippen molar-refractivity contribution in [1.82, 2.24) is 15.3 Å². The second-order valence-electron chi connectivity index (χ2n) is 7.43. The van der Waals surface area contributed by atoms with Gasteiger partial charge in [0.15, 0.2) is 5.69 Å². The third-order valence-corrected chi connectivity index (χ3v) is 5.40. The molecule has 0 saturated heterocycles. The second kappa shape index (κ2) is 9.03. The fourth-order valence-electron chi connectivity index (χ4n) is 3.47. The van der Waals surface area contributed by atoms with Gasteiger partial charge in [-0.05, 0) is 43.4 Å². The van der Waals surface area contributed by atoms with Gasteiger partial charge in [-0.15, -0.1) is 0 Å². The molecule has 8 heteroatoms. The van der Waals surface area contributed by atoms with Gasteiger partial charge in [-0.1, -0.05) is 43.5 Å². The van der Waals surface area contributed by atoms with E-state index in [2.05, 4.69) is 27.2 Å². The summed E-state index contributed by atoms with van der Waals surface area (Å²) in [5.74, 6) is 0.285. The van der Waals surface area contributed by atoms with E-state index in [0.717, 1.165) is 37.4 Å². The highest BCUT2D eigenvalue weighted by molar-refractivity contribution is 6.33. The Morgan fingerprint density at radius 3 is 2.62 bits per heavy atom. The van der Waals surface area contributed by atoms with Crippen LogP contribution in [0.1, 0.15) is 48.9 Å². The van der Waals surface area contributed by atoms with Crippen LogP contribution in [0.25, 0.3) is 5.70 Å². The molecule has 1 aromatic heterocycles. The molecule has 1 fully saturated rings. The normalized spacial score (nSPS) is 15.2. The van der Waals surface area contributed by atoms with E-state index in [0.29, 0.717) is 23.2 Å². The number of benzene rings is 1. The van der Waals surface area contributed by atoms with Crippen molar-refractivity contribution in [3.05, 3.63) is 52.8 Å². The predicted octanol–water partition coefficient (Wildman–Crippen LogP) is 6.34. The maximum atomic E-state index is 13.6. The second-order valence-corrected chi connectivity index (χ2v) is 7.83. The van der Waals surface area contributed by atoms with Crippen molar-refractivity contribution in [2.24, 2.45) is 5.92 Å². The molecule has 3 rings (SSSR count). The molecule has 4 nitrogen and oxygen atoms in total. The molecule has 1 aromatic carbocycles. The molecule has 0 unspecified atom stereocenters. The summed E-state index contributed by atoms with van der Waals surface area (Å²) >= 11 is 6.14. The Morgan fingerprint density at radius 1 is 1.24 bits per heavy atom. The first-order valence-corrected chi connectivity index (χ1v) is 10.0. The van der Waals surface area contributed by atoms with Gasteiger partial charge in [0.05, 0.1) is 10.7 Å². The van der Waals surface area contributed by atoms with Crippen LogP contribution in [0.4, 0.5) is 24.8 Å². The van der Waals surface area contributed by atoms with E-state index in [4.69, 9.17) is 11.6 Å². The fourth-order valence-corrected chi connectivity index (χ4v) is 3.76. The summed E-state index contributed by atoms with van der Waals surface area (Å²) in [7, 11) is 0. The van der Waals surface area contributed by atoms with Gasteiger partial charge in [0.25, 0.3) is 0 Å². The van der Waals surface area contributed by atoms with E-state index in [1.807, 2.05) is 6.92 Å². The van der Waals surface area contributed by atoms with Crippen LogP contribution in [-0.2, 0) is 6.18 Å². The standard InChI is InChI=1S/C21H24ClF3N4/c1-13-8-9-18(17(22)10-13)28-20-27-12-16(19(29-20)21(23,24)25)14(2)26-11-15-6-4-3-5-7-15/h8-10,12,15,26H,2-7,11H2,1H3,(H,27,28,29). The highest BCUT2D eigenvalue weighted by atomic mass is 35.5. The maximum absolute atomic E-state index is 13.6. The first-order valence-electron chi connectivity index (χ1n) is 9.64. The molecule has 1 aliphatic carbocycles. The van der Waals surface area contributed by atoms with Crippen LogP contribution in [0.2, 0.25) is 5.02 Å². The molecule has 29 heavy (non-hydrogen) atoms. The fraction of sp³-hybridized carbons (Fsp3) is 0.429. The van der Waals surface area contributed by atoms with Gasteiger partial charge in [0.1, 0.15) is 0 Å². The lowest BCUT2D eigenvalue weighted by molar-refractivity contribution is -0.141. The molecule has 1 aliphatic rings. The zero-order valence-electron chi connectivity index (χ0n) is 16.2. The lowest BCUT2D eigenvalue weighted by Crippen LogP contribution is -2.25. The quantitative estimate of drug-likeness (QED) is 0.568. The third kappa shape index (κ3) is 5.63. The van der Waals surface area contributed by atoms with Crippen LogP contribution in [0, 0.1) is 12.8 Å². The molecule has 156 valence electrons. The van der Waals surface area contributed by atoms with Gasteiger partial charge in [-0.3, -0.25) is 0 Å². The number of rotatable bonds is 6. The molecular formula is C21H24ClF3N4. The van der Waals surface area contributed by atoms with Gasteiger partial charge < -0.3 is 10.6 Å². The van der Waals surface area contributed by atoms with Crippen molar-refractivity contribution in [1.29, 1.82) is 0 Å². The topological polar surface area (TPSA) is 49.8 Å². The number of nitrogens with zero attached hydrogens (tertiary/aromatic N) is 2. The van der Waals surface area contributed by atoms with E-state index >= 15 is 0 Å². The summed E-state index contributed by atoms with van der Waals surface area (Å²) in [6.45, 7) is 6.26. The van der Waals surface area contributed by atoms with Crippen molar-refractivity contribution in [2.45, 2.75) is 45.2 Å². The Hall–Kier alpha value is -2.28. The molecule has 1 saturated carbocycles. The number of halogens is 4. The highest BCUT2D eigenvalue weighted by Gasteiger charge is 2.37. The van der Waals surface area contributed by atoms with E-state index in [1.54, 1.807) is 18.2 Å². The number of hydrogen-bond donors (Lipinski definition) is 2. The lowest BCUT2D eigenvalue weighted by Gasteiger charge is -2.23. The third-order valence-electron chi connectivity index (χ3n) is 5.08. The smallest absolute Gasteiger partial charge is 0.385 e. The molecule has 0 atom stereocenters. The largest absolute Gasteiger partial charge is 0.434 e. The van der Waals surface area contributed by atoms with E-state index in [1.165, 1.54) is 6.42 Å². The first-order chi connectivity index (χ1) is 13.7. The minimum absolute atomic E-state index is 0.145. The Labute approximate surface area is 173 Å². The Balaban J connectivity index is 1.79. The minimum Gasteiger partial charge on any atom is -0.385 e. The van der Waals surface area contributed by atoms with Crippen molar-refractivity contribution >= 4 is 28.9 Å². The number of anilines is 2. The molecule has 1 heterocycles. The average Bonchev–Trinajstić information content (AvgIpc) is 2.68. The summed E-state index contributed by atoms with van der Waals surface area (Å²) in [6, 6.07) is 5.18. The lowest BCUT2D eigenvalue weighted by atomic mass is 9.89. The molecule has 0 bridgehead atoms. The van der Waals surface area contributed by atoms with Gasteiger partial charge in [0.2, 0.25) is 5.95 Å². The monoisotopic (exact) mass is 424 g/mol. The minimum atomic E-state index is -4.64. The zero-order chi connectivity index (χ0) is 21.0. The maximum Gasteiger partial charge on any atom is 0.434 e. The van der Waals surface area contributed by atoms with Crippen molar-refractivity contribution in [2.75, 3.05) is 11.9 Å². The van der Waals surface area contributed by atoms with Crippen molar-refractivity contribution in [3.63, 3.8) is 0 Å². The molecule has 0 radical (unpaired) electrons. The highest BCUT2D eigenvalue weighted by Crippen LogP contribution is 2.34. The van der Waals surface area contributed by atoms with E-state index in [-0.39, 0.29) is 17.2 Å². The summed E-state index contributed by atoms with van der Waals surface area (Å²) in [5.41, 5.74) is 0.386. The molecular weight excluding hydrogens is 401 g/mol. The van der Waals surface area contributed by atoms with Crippen LogP contribution < -0.4 is 10.6 Å². The van der Waals surface area contributed by atoms with Crippen LogP contribution in [0.3, 0.4) is 0 Å². The molecule has 0 aliphatic heterocycles. The average molecular weight is 425 g/mol. The van der Waals surface area contributed by atoms with E-state index < -0.39 is 11.9 Å². The van der Waals surface area contributed by atoms with Crippen LogP contribution in [0.5, 0.6) is 0 Å². The number of alkyl halides is 3. The SMILES string of the molecule is C=C(NCC1CCCCC1)c1cnc(Nc2ccc(C)cc2Cl)nc1C(F)(F)F. The summed E-state index contributed by atoms with van der Waals surface area (Å²) < 4.78 is 40.9. The number of aromatic nitrogens is 2. The summed E-state index contributed by atoms with van der Waals surface area (Å²) in [5, 5.41) is 6.19. The number of hydrogen-bond acceptors (Lipinski definition) is 4.